The first-order valence-electron chi connectivity index (χ1n) is 8.26. The second-order valence-electron chi connectivity index (χ2n) is 6.09. The van der Waals surface area contributed by atoms with Gasteiger partial charge < -0.3 is 9.88 Å². The van der Waals surface area contributed by atoms with Crippen LogP contribution in [0.15, 0.2) is 47.8 Å². The Bertz CT molecular complexity index is 868. The Hall–Kier alpha value is -2.04. The van der Waals surface area contributed by atoms with Crippen LogP contribution in [0.2, 0.25) is 5.02 Å². The van der Waals surface area contributed by atoms with Crippen LogP contribution in [0.25, 0.3) is 0 Å². The van der Waals surface area contributed by atoms with Gasteiger partial charge in [0.1, 0.15) is 0 Å². The van der Waals surface area contributed by atoms with Crippen LogP contribution >= 0.6 is 22.9 Å². The van der Waals surface area contributed by atoms with Crippen LogP contribution < -0.4 is 5.32 Å². The van der Waals surface area contributed by atoms with Crippen LogP contribution in [-0.2, 0) is 13.0 Å². The Kier molecular flexibility index (Phi) is 5.61. The van der Waals surface area contributed by atoms with Gasteiger partial charge in [-0.1, -0.05) is 29.8 Å². The molecule has 0 aliphatic carbocycles. The van der Waals surface area contributed by atoms with E-state index in [1.807, 2.05) is 44.2 Å². The number of aryl methyl sites for hydroxylation is 1. The van der Waals surface area contributed by atoms with E-state index in [-0.39, 0.29) is 5.91 Å². The second kappa shape index (κ2) is 7.89. The number of nitrogens with one attached hydrogen (secondary N) is 1. The quantitative estimate of drug-likeness (QED) is 0.660. The number of thiophene rings is 1. The van der Waals surface area contributed by atoms with E-state index in [1.165, 1.54) is 4.88 Å². The van der Waals surface area contributed by atoms with Crippen LogP contribution in [0.3, 0.4) is 0 Å². The zero-order valence-corrected chi connectivity index (χ0v) is 16.0. The lowest BCUT2D eigenvalue weighted by atomic mass is 10.1. The summed E-state index contributed by atoms with van der Waals surface area (Å²) in [5.74, 6) is -0.0208. The lowest BCUT2D eigenvalue weighted by Crippen LogP contribution is -2.26. The van der Waals surface area contributed by atoms with E-state index in [1.54, 1.807) is 11.3 Å². The molecular formula is C20H21ClN2OS. The Morgan fingerprint density at radius 1 is 1.20 bits per heavy atom. The van der Waals surface area contributed by atoms with Crippen molar-refractivity contribution in [2.24, 2.45) is 0 Å². The van der Waals surface area contributed by atoms with Crippen molar-refractivity contribution in [2.75, 3.05) is 6.54 Å². The van der Waals surface area contributed by atoms with Crippen LogP contribution in [-0.4, -0.2) is 17.0 Å². The van der Waals surface area contributed by atoms with Crippen molar-refractivity contribution < 1.29 is 4.79 Å². The monoisotopic (exact) mass is 372 g/mol. The molecule has 0 aliphatic rings. The fourth-order valence-electron chi connectivity index (χ4n) is 2.94. The van der Waals surface area contributed by atoms with E-state index >= 15 is 0 Å². The molecule has 0 spiro atoms. The fraction of sp³-hybridized carbons (Fsp3) is 0.250. The summed E-state index contributed by atoms with van der Waals surface area (Å²) in [5, 5.41) is 5.81. The van der Waals surface area contributed by atoms with Crippen molar-refractivity contribution in [1.29, 1.82) is 0 Å². The molecule has 1 N–H and O–H groups in total. The van der Waals surface area contributed by atoms with E-state index in [0.29, 0.717) is 6.54 Å². The number of carbonyl (C=O) groups is 1. The Morgan fingerprint density at radius 2 is 2.04 bits per heavy atom. The van der Waals surface area contributed by atoms with Crippen molar-refractivity contribution in [2.45, 2.75) is 26.8 Å². The second-order valence-corrected chi connectivity index (χ2v) is 7.55. The van der Waals surface area contributed by atoms with Gasteiger partial charge in [0.15, 0.2) is 0 Å². The van der Waals surface area contributed by atoms with Gasteiger partial charge in [0.25, 0.3) is 5.91 Å². The molecule has 1 amide bonds. The van der Waals surface area contributed by atoms with Gasteiger partial charge in [-0.15, -0.1) is 11.3 Å². The zero-order valence-electron chi connectivity index (χ0n) is 14.4. The average Bonchev–Trinajstić information content (AvgIpc) is 3.18. The third-order valence-electron chi connectivity index (χ3n) is 4.30. The van der Waals surface area contributed by atoms with Crippen molar-refractivity contribution in [1.82, 2.24) is 9.88 Å². The van der Waals surface area contributed by atoms with Gasteiger partial charge in [-0.25, -0.2) is 0 Å². The first-order valence-corrected chi connectivity index (χ1v) is 9.52. The van der Waals surface area contributed by atoms with Gasteiger partial charge >= 0.3 is 0 Å². The molecule has 0 unspecified atom stereocenters. The molecule has 3 nitrogen and oxygen atoms in total. The van der Waals surface area contributed by atoms with Gasteiger partial charge in [0.05, 0.1) is 12.1 Å². The number of aromatic nitrogens is 1. The normalized spacial score (nSPS) is 10.8. The van der Waals surface area contributed by atoms with Gasteiger partial charge in [0, 0.05) is 27.8 Å². The van der Waals surface area contributed by atoms with E-state index in [9.17, 15) is 4.79 Å². The maximum Gasteiger partial charge on any atom is 0.253 e. The molecular weight excluding hydrogens is 352 g/mol. The highest BCUT2D eigenvalue weighted by molar-refractivity contribution is 7.09. The maximum absolute atomic E-state index is 12.5. The third kappa shape index (κ3) is 4.33. The predicted molar refractivity (Wildman–Crippen MR) is 105 cm³/mol. The summed E-state index contributed by atoms with van der Waals surface area (Å²) in [6, 6.07) is 13.9. The van der Waals surface area contributed by atoms with E-state index in [0.717, 1.165) is 40.5 Å². The maximum atomic E-state index is 12.5. The van der Waals surface area contributed by atoms with Crippen molar-refractivity contribution >= 4 is 28.8 Å². The molecule has 5 heteroatoms. The van der Waals surface area contributed by atoms with E-state index in [2.05, 4.69) is 27.4 Å². The molecule has 1 aromatic carbocycles. The summed E-state index contributed by atoms with van der Waals surface area (Å²) in [6.45, 7) is 5.45. The molecule has 0 atom stereocenters. The highest BCUT2D eigenvalue weighted by Crippen LogP contribution is 2.19. The molecule has 0 bridgehead atoms. The molecule has 0 aliphatic heterocycles. The largest absolute Gasteiger partial charge is 0.352 e. The third-order valence-corrected chi connectivity index (χ3v) is 5.40. The minimum atomic E-state index is -0.0208. The summed E-state index contributed by atoms with van der Waals surface area (Å²) in [4.78, 5) is 13.8. The molecule has 0 fully saturated rings. The number of nitrogens with zero attached hydrogens (tertiary/aromatic N) is 1. The van der Waals surface area contributed by atoms with Gasteiger partial charge in [-0.05, 0) is 55.5 Å². The van der Waals surface area contributed by atoms with Crippen molar-refractivity contribution in [3.63, 3.8) is 0 Å². The SMILES string of the molecule is Cc1cc(C(=O)NCCc2cccc(Cl)c2)c(C)n1Cc1cccs1. The molecule has 3 rings (SSSR count). The summed E-state index contributed by atoms with van der Waals surface area (Å²) < 4.78 is 2.19. The Morgan fingerprint density at radius 3 is 2.76 bits per heavy atom. The van der Waals surface area contributed by atoms with Gasteiger partial charge in [-0.2, -0.15) is 0 Å². The van der Waals surface area contributed by atoms with Gasteiger partial charge in [0.2, 0.25) is 0 Å². The first-order chi connectivity index (χ1) is 12.0. The smallest absolute Gasteiger partial charge is 0.253 e. The summed E-state index contributed by atoms with van der Waals surface area (Å²) in [6.07, 6.45) is 0.764. The molecule has 25 heavy (non-hydrogen) atoms. The average molecular weight is 373 g/mol. The Labute approximate surface area is 157 Å². The Balaban J connectivity index is 1.64. The predicted octanol–water partition coefficient (Wildman–Crippen LogP) is 4.84. The number of carbonyl (C=O) groups excluding carboxylic acids is 1. The van der Waals surface area contributed by atoms with Crippen molar-refractivity contribution in [3.8, 4) is 0 Å². The minimum absolute atomic E-state index is 0.0208. The van der Waals surface area contributed by atoms with Crippen LogP contribution in [0.4, 0.5) is 0 Å². The fourth-order valence-corrected chi connectivity index (χ4v) is 3.85. The van der Waals surface area contributed by atoms with Crippen LogP contribution in [0.1, 0.15) is 32.2 Å². The molecule has 0 saturated carbocycles. The van der Waals surface area contributed by atoms with Crippen molar-refractivity contribution in [3.05, 3.63) is 80.3 Å². The molecule has 130 valence electrons. The number of amides is 1. The van der Waals surface area contributed by atoms with Gasteiger partial charge in [-0.3, -0.25) is 4.79 Å². The number of halogens is 1. The summed E-state index contributed by atoms with van der Waals surface area (Å²) in [7, 11) is 0. The van der Waals surface area contributed by atoms with Crippen LogP contribution in [0, 0.1) is 13.8 Å². The first kappa shape index (κ1) is 17.8. The minimum Gasteiger partial charge on any atom is -0.352 e. The summed E-state index contributed by atoms with van der Waals surface area (Å²) in [5.41, 5.74) is 3.98. The topological polar surface area (TPSA) is 34.0 Å². The molecule has 0 saturated heterocycles. The van der Waals surface area contributed by atoms with Crippen LogP contribution in [0.5, 0.6) is 0 Å². The molecule has 2 aromatic heterocycles. The summed E-state index contributed by atoms with van der Waals surface area (Å²) >= 11 is 7.73. The molecule has 0 radical (unpaired) electrons. The number of benzene rings is 1. The van der Waals surface area contributed by atoms with E-state index in [4.69, 9.17) is 11.6 Å². The highest BCUT2D eigenvalue weighted by atomic mass is 35.5. The lowest BCUT2D eigenvalue weighted by molar-refractivity contribution is 0.0953. The molecule has 2 heterocycles. The zero-order chi connectivity index (χ0) is 17.8. The number of hydrogen-bond acceptors (Lipinski definition) is 2. The number of hydrogen-bond donors (Lipinski definition) is 1. The number of rotatable bonds is 6. The standard InChI is InChI=1S/C20H21ClN2OS/c1-14-11-19(15(2)23(14)13-18-7-4-10-25-18)20(24)22-9-8-16-5-3-6-17(21)12-16/h3-7,10-12H,8-9,13H2,1-2H3,(H,22,24). The highest BCUT2D eigenvalue weighted by Gasteiger charge is 2.15. The van der Waals surface area contributed by atoms with E-state index < -0.39 is 0 Å². The lowest BCUT2D eigenvalue weighted by Gasteiger charge is -2.09. The molecule has 3 aromatic rings.